The van der Waals surface area contributed by atoms with Gasteiger partial charge in [-0.25, -0.2) is 0 Å². The summed E-state index contributed by atoms with van der Waals surface area (Å²) in [6.45, 7) is 1.95. The number of likely N-dealkylation sites (tertiary alicyclic amines) is 1. The molecule has 1 saturated heterocycles. The molecular formula is C19H30F2N4O2. The molecule has 0 unspecified atom stereocenters. The summed E-state index contributed by atoms with van der Waals surface area (Å²) in [5.74, 6) is 1.08. The molecule has 2 N–H and O–H groups in total. The molecule has 2 rings (SSSR count). The van der Waals surface area contributed by atoms with Gasteiger partial charge in [-0.05, 0) is 50.0 Å². The lowest BCUT2D eigenvalue weighted by molar-refractivity contribution is -0.0512. The Balaban J connectivity index is 1.74. The predicted molar refractivity (Wildman–Crippen MR) is 103 cm³/mol. The maximum atomic E-state index is 12.5. The highest BCUT2D eigenvalue weighted by Crippen LogP contribution is 2.29. The van der Waals surface area contributed by atoms with E-state index in [4.69, 9.17) is 4.74 Å². The quantitative estimate of drug-likeness (QED) is 0.506. The highest BCUT2D eigenvalue weighted by molar-refractivity contribution is 5.79. The highest BCUT2D eigenvalue weighted by Gasteiger charge is 2.12. The molecule has 0 aliphatic carbocycles. The number of aliphatic imine (C=N–C) groups is 1. The van der Waals surface area contributed by atoms with E-state index in [2.05, 4.69) is 25.3 Å². The van der Waals surface area contributed by atoms with Crippen molar-refractivity contribution in [1.29, 1.82) is 0 Å². The second-order valence-electron chi connectivity index (χ2n) is 6.44. The van der Waals surface area contributed by atoms with E-state index in [9.17, 15) is 8.78 Å². The van der Waals surface area contributed by atoms with Gasteiger partial charge in [0.05, 0.1) is 7.11 Å². The molecule has 8 heteroatoms. The topological polar surface area (TPSA) is 58.1 Å². The van der Waals surface area contributed by atoms with Crippen molar-refractivity contribution in [2.75, 3.05) is 46.9 Å². The minimum Gasteiger partial charge on any atom is -0.493 e. The van der Waals surface area contributed by atoms with Crippen LogP contribution in [0, 0.1) is 0 Å². The molecule has 1 aromatic carbocycles. The maximum absolute atomic E-state index is 12.5. The average Bonchev–Trinajstić information content (AvgIpc) is 2.67. The number of benzene rings is 1. The molecule has 6 nitrogen and oxygen atoms in total. The summed E-state index contributed by atoms with van der Waals surface area (Å²) in [6, 6.07) is 5.06. The van der Waals surface area contributed by atoms with Gasteiger partial charge in [0.2, 0.25) is 0 Å². The van der Waals surface area contributed by atoms with Crippen LogP contribution in [0.5, 0.6) is 11.5 Å². The van der Waals surface area contributed by atoms with Crippen molar-refractivity contribution in [3.63, 3.8) is 0 Å². The molecule has 27 heavy (non-hydrogen) atoms. The molecule has 1 aliphatic heterocycles. The van der Waals surface area contributed by atoms with Crippen LogP contribution in [0.2, 0.25) is 0 Å². The molecule has 0 spiro atoms. The third kappa shape index (κ3) is 7.58. The van der Waals surface area contributed by atoms with Crippen LogP contribution in [-0.2, 0) is 6.42 Å². The smallest absolute Gasteiger partial charge is 0.387 e. The first-order chi connectivity index (χ1) is 13.1. The van der Waals surface area contributed by atoms with Crippen LogP contribution in [0.4, 0.5) is 8.78 Å². The number of methoxy groups -OCH3 is 1. The molecule has 0 saturated carbocycles. The maximum Gasteiger partial charge on any atom is 0.387 e. The summed E-state index contributed by atoms with van der Waals surface area (Å²) in [5, 5.41) is 6.56. The number of rotatable bonds is 9. The number of piperidine rings is 1. The van der Waals surface area contributed by atoms with E-state index >= 15 is 0 Å². The minimum atomic E-state index is -2.88. The molecule has 1 aliphatic rings. The Morgan fingerprint density at radius 1 is 1.15 bits per heavy atom. The summed E-state index contributed by atoms with van der Waals surface area (Å²) in [7, 11) is 3.16. The molecular weight excluding hydrogens is 354 g/mol. The zero-order valence-corrected chi connectivity index (χ0v) is 16.1. The first-order valence-corrected chi connectivity index (χ1v) is 9.41. The Bertz CT molecular complexity index is 593. The number of guanidine groups is 1. The van der Waals surface area contributed by atoms with Crippen molar-refractivity contribution in [3.05, 3.63) is 23.8 Å². The Hall–Kier alpha value is -2.09. The van der Waals surface area contributed by atoms with E-state index < -0.39 is 6.61 Å². The Morgan fingerprint density at radius 3 is 2.56 bits per heavy atom. The van der Waals surface area contributed by atoms with Gasteiger partial charge in [0.25, 0.3) is 0 Å². The second kappa shape index (κ2) is 11.6. The van der Waals surface area contributed by atoms with Gasteiger partial charge in [0.15, 0.2) is 17.5 Å². The first-order valence-electron chi connectivity index (χ1n) is 9.41. The lowest BCUT2D eigenvalue weighted by atomic mass is 10.1. The molecule has 1 heterocycles. The van der Waals surface area contributed by atoms with Crippen LogP contribution in [-0.4, -0.2) is 64.4 Å². The molecule has 1 aromatic rings. The average molecular weight is 384 g/mol. The second-order valence-corrected chi connectivity index (χ2v) is 6.44. The molecule has 152 valence electrons. The Labute approximate surface area is 159 Å². The largest absolute Gasteiger partial charge is 0.493 e. The SMILES string of the molecule is CN=C(NCCc1ccc(OC)c(OC(F)F)c1)NCCN1CCCCC1. The van der Waals surface area contributed by atoms with Gasteiger partial charge in [-0.1, -0.05) is 12.5 Å². The van der Waals surface area contributed by atoms with Crippen molar-refractivity contribution in [1.82, 2.24) is 15.5 Å². The first kappa shape index (κ1) is 21.2. The third-order valence-electron chi connectivity index (χ3n) is 4.54. The lowest BCUT2D eigenvalue weighted by Gasteiger charge is -2.26. The number of ether oxygens (including phenoxy) is 2. The van der Waals surface area contributed by atoms with Crippen LogP contribution < -0.4 is 20.1 Å². The molecule has 1 fully saturated rings. The standard InChI is InChI=1S/C19H30F2N4O2/c1-22-19(24-10-13-25-11-4-3-5-12-25)23-9-8-15-6-7-16(26-2)17(14-15)27-18(20)21/h6-7,14,18H,3-5,8-13H2,1-2H3,(H2,22,23,24). The van der Waals surface area contributed by atoms with Gasteiger partial charge in [-0.3, -0.25) is 4.99 Å². The zero-order valence-electron chi connectivity index (χ0n) is 16.1. The molecule has 0 atom stereocenters. The van der Waals surface area contributed by atoms with E-state index in [1.807, 2.05) is 6.07 Å². The lowest BCUT2D eigenvalue weighted by Crippen LogP contribution is -2.43. The van der Waals surface area contributed by atoms with Crippen LogP contribution >= 0.6 is 0 Å². The van der Waals surface area contributed by atoms with Gasteiger partial charge in [-0.15, -0.1) is 0 Å². The van der Waals surface area contributed by atoms with E-state index in [1.165, 1.54) is 39.5 Å². The number of nitrogens with one attached hydrogen (secondary N) is 2. The highest BCUT2D eigenvalue weighted by atomic mass is 19.3. The normalized spacial score (nSPS) is 15.7. The summed E-state index contributed by atoms with van der Waals surface area (Å²) in [5.41, 5.74) is 0.878. The summed E-state index contributed by atoms with van der Waals surface area (Å²) >= 11 is 0. The summed E-state index contributed by atoms with van der Waals surface area (Å²) in [6.07, 6.45) is 4.55. The third-order valence-corrected chi connectivity index (χ3v) is 4.54. The number of alkyl halides is 2. The number of nitrogens with zero attached hydrogens (tertiary/aromatic N) is 2. The molecule has 0 aromatic heterocycles. The Morgan fingerprint density at radius 2 is 1.89 bits per heavy atom. The number of halogens is 2. The number of hydrogen-bond donors (Lipinski definition) is 2. The molecule has 0 amide bonds. The van der Waals surface area contributed by atoms with E-state index in [-0.39, 0.29) is 5.75 Å². The van der Waals surface area contributed by atoms with Crippen molar-refractivity contribution < 1.29 is 18.3 Å². The van der Waals surface area contributed by atoms with Gasteiger partial charge >= 0.3 is 6.61 Å². The fourth-order valence-electron chi connectivity index (χ4n) is 3.13. The van der Waals surface area contributed by atoms with Crippen molar-refractivity contribution in [3.8, 4) is 11.5 Å². The van der Waals surface area contributed by atoms with Crippen molar-refractivity contribution in [2.24, 2.45) is 4.99 Å². The molecule has 0 radical (unpaired) electrons. The van der Waals surface area contributed by atoms with Crippen LogP contribution in [0.3, 0.4) is 0 Å². The van der Waals surface area contributed by atoms with Crippen molar-refractivity contribution >= 4 is 5.96 Å². The van der Waals surface area contributed by atoms with E-state index in [1.54, 1.807) is 19.2 Å². The van der Waals surface area contributed by atoms with Crippen LogP contribution in [0.1, 0.15) is 24.8 Å². The fraction of sp³-hybridized carbons (Fsp3) is 0.632. The Kier molecular flexibility index (Phi) is 9.10. The predicted octanol–water partition coefficient (Wildman–Crippen LogP) is 2.49. The van der Waals surface area contributed by atoms with E-state index in [0.717, 1.165) is 24.6 Å². The van der Waals surface area contributed by atoms with Crippen molar-refractivity contribution in [2.45, 2.75) is 32.3 Å². The summed E-state index contributed by atoms with van der Waals surface area (Å²) in [4.78, 5) is 6.68. The molecule has 0 bridgehead atoms. The van der Waals surface area contributed by atoms with Gasteiger partial charge in [-0.2, -0.15) is 8.78 Å². The van der Waals surface area contributed by atoms with Gasteiger partial charge in [0.1, 0.15) is 0 Å². The fourth-order valence-corrected chi connectivity index (χ4v) is 3.13. The van der Waals surface area contributed by atoms with Crippen LogP contribution in [0.25, 0.3) is 0 Å². The van der Waals surface area contributed by atoms with E-state index in [0.29, 0.717) is 18.7 Å². The monoisotopic (exact) mass is 384 g/mol. The van der Waals surface area contributed by atoms with Gasteiger partial charge < -0.3 is 25.0 Å². The minimum absolute atomic E-state index is 0.0500. The number of hydrogen-bond acceptors (Lipinski definition) is 4. The summed E-state index contributed by atoms with van der Waals surface area (Å²) < 4.78 is 34.6. The van der Waals surface area contributed by atoms with Crippen LogP contribution in [0.15, 0.2) is 23.2 Å². The zero-order chi connectivity index (χ0) is 19.5. The van der Waals surface area contributed by atoms with Gasteiger partial charge in [0, 0.05) is 26.7 Å².